The molecule has 0 radical (unpaired) electrons. The van der Waals surface area contributed by atoms with E-state index >= 15 is 0 Å². The third kappa shape index (κ3) is 4.12. The molecule has 2 rings (SSSR count). The summed E-state index contributed by atoms with van der Waals surface area (Å²) in [6.07, 6.45) is 3.24. The SMILES string of the molecule is O=[N+]([O-])c1ccc(NCCC2CCCNC2)c([N+](=O)[O-])c1. The van der Waals surface area contributed by atoms with Gasteiger partial charge in [0.15, 0.2) is 0 Å². The van der Waals surface area contributed by atoms with Crippen LogP contribution in [0.25, 0.3) is 0 Å². The van der Waals surface area contributed by atoms with Crippen molar-refractivity contribution in [2.24, 2.45) is 5.92 Å². The van der Waals surface area contributed by atoms with Crippen LogP contribution in [0.2, 0.25) is 0 Å². The lowest BCUT2D eigenvalue weighted by Gasteiger charge is -2.22. The molecule has 1 aromatic rings. The molecule has 0 bridgehead atoms. The molecule has 1 aliphatic heterocycles. The van der Waals surface area contributed by atoms with Crippen LogP contribution in [0, 0.1) is 26.1 Å². The molecule has 1 unspecified atom stereocenters. The van der Waals surface area contributed by atoms with Gasteiger partial charge in [0.2, 0.25) is 0 Å². The van der Waals surface area contributed by atoms with Gasteiger partial charge in [0.1, 0.15) is 5.69 Å². The van der Waals surface area contributed by atoms with Gasteiger partial charge in [-0.3, -0.25) is 20.2 Å². The predicted molar refractivity (Wildman–Crippen MR) is 78.5 cm³/mol. The number of nitrogens with zero attached hydrogens (tertiary/aromatic N) is 2. The van der Waals surface area contributed by atoms with Crippen molar-refractivity contribution in [1.82, 2.24) is 5.32 Å². The van der Waals surface area contributed by atoms with Gasteiger partial charge >= 0.3 is 0 Å². The van der Waals surface area contributed by atoms with Gasteiger partial charge in [-0.15, -0.1) is 0 Å². The Morgan fingerprint density at radius 2 is 2.10 bits per heavy atom. The molecule has 8 nitrogen and oxygen atoms in total. The average Bonchev–Trinajstić information content (AvgIpc) is 2.48. The lowest BCUT2D eigenvalue weighted by molar-refractivity contribution is -0.393. The molecule has 1 atom stereocenters. The fourth-order valence-electron chi connectivity index (χ4n) is 2.52. The number of anilines is 1. The summed E-state index contributed by atoms with van der Waals surface area (Å²) < 4.78 is 0. The zero-order chi connectivity index (χ0) is 15.2. The van der Waals surface area contributed by atoms with E-state index in [-0.39, 0.29) is 11.4 Å². The summed E-state index contributed by atoms with van der Waals surface area (Å²) in [6, 6.07) is 3.66. The Labute approximate surface area is 121 Å². The van der Waals surface area contributed by atoms with Gasteiger partial charge in [-0.25, -0.2) is 0 Å². The predicted octanol–water partition coefficient (Wildman–Crippen LogP) is 2.30. The average molecular weight is 294 g/mol. The highest BCUT2D eigenvalue weighted by molar-refractivity contribution is 5.65. The number of rotatable bonds is 6. The van der Waals surface area contributed by atoms with Gasteiger partial charge in [0.05, 0.1) is 15.9 Å². The quantitative estimate of drug-likeness (QED) is 0.615. The minimum absolute atomic E-state index is 0.258. The van der Waals surface area contributed by atoms with E-state index in [9.17, 15) is 20.2 Å². The fraction of sp³-hybridized carbons (Fsp3) is 0.538. The Balaban J connectivity index is 1.98. The van der Waals surface area contributed by atoms with Crippen LogP contribution in [0.3, 0.4) is 0 Å². The first-order chi connectivity index (χ1) is 10.1. The molecule has 0 aromatic heterocycles. The molecule has 0 amide bonds. The number of nitro benzene ring substituents is 2. The number of nitrogens with one attached hydrogen (secondary N) is 2. The van der Waals surface area contributed by atoms with Crippen molar-refractivity contribution >= 4 is 17.1 Å². The number of hydrogen-bond donors (Lipinski definition) is 2. The number of benzene rings is 1. The van der Waals surface area contributed by atoms with E-state index in [1.165, 1.54) is 12.1 Å². The van der Waals surface area contributed by atoms with Crippen LogP contribution in [0.4, 0.5) is 17.1 Å². The summed E-state index contributed by atoms with van der Waals surface area (Å²) in [5.74, 6) is 0.573. The van der Waals surface area contributed by atoms with E-state index < -0.39 is 9.85 Å². The molecule has 1 aliphatic rings. The van der Waals surface area contributed by atoms with E-state index in [1.807, 2.05) is 0 Å². The van der Waals surface area contributed by atoms with Crippen molar-refractivity contribution < 1.29 is 9.85 Å². The van der Waals surface area contributed by atoms with Crippen LogP contribution >= 0.6 is 0 Å². The molecule has 1 fully saturated rings. The van der Waals surface area contributed by atoms with E-state index in [0.717, 1.165) is 38.4 Å². The zero-order valence-electron chi connectivity index (χ0n) is 11.6. The number of non-ortho nitro benzene ring substituents is 1. The largest absolute Gasteiger partial charge is 0.379 e. The highest BCUT2D eigenvalue weighted by Gasteiger charge is 2.19. The summed E-state index contributed by atoms with van der Waals surface area (Å²) in [5, 5.41) is 28.0. The van der Waals surface area contributed by atoms with Crippen LogP contribution in [-0.4, -0.2) is 29.5 Å². The normalized spacial score (nSPS) is 18.2. The first kappa shape index (κ1) is 15.2. The second kappa shape index (κ2) is 6.98. The molecule has 21 heavy (non-hydrogen) atoms. The second-order valence-electron chi connectivity index (χ2n) is 5.14. The molecule has 114 valence electrons. The van der Waals surface area contributed by atoms with Crippen molar-refractivity contribution in [3.8, 4) is 0 Å². The first-order valence-electron chi connectivity index (χ1n) is 6.95. The number of nitro groups is 2. The maximum absolute atomic E-state index is 11.0. The van der Waals surface area contributed by atoms with Crippen LogP contribution in [0.5, 0.6) is 0 Å². The van der Waals surface area contributed by atoms with Gasteiger partial charge < -0.3 is 10.6 Å². The van der Waals surface area contributed by atoms with Crippen LogP contribution < -0.4 is 10.6 Å². The van der Waals surface area contributed by atoms with Crippen LogP contribution in [0.15, 0.2) is 18.2 Å². The van der Waals surface area contributed by atoms with E-state index in [1.54, 1.807) is 0 Å². The zero-order valence-corrected chi connectivity index (χ0v) is 11.6. The topological polar surface area (TPSA) is 110 Å². The summed E-state index contributed by atoms with van der Waals surface area (Å²) in [4.78, 5) is 20.4. The summed E-state index contributed by atoms with van der Waals surface area (Å²) in [7, 11) is 0. The highest BCUT2D eigenvalue weighted by atomic mass is 16.6. The minimum Gasteiger partial charge on any atom is -0.379 e. The maximum Gasteiger partial charge on any atom is 0.299 e. The standard InChI is InChI=1S/C13H18N4O4/c18-16(19)11-3-4-12(13(8-11)17(20)21)15-7-5-10-2-1-6-14-9-10/h3-4,8,10,14-15H,1-2,5-7,9H2. The summed E-state index contributed by atoms with van der Waals surface area (Å²) in [6.45, 7) is 2.65. The lowest BCUT2D eigenvalue weighted by Crippen LogP contribution is -2.30. The minimum atomic E-state index is -0.634. The van der Waals surface area contributed by atoms with E-state index in [2.05, 4.69) is 10.6 Å². The second-order valence-corrected chi connectivity index (χ2v) is 5.14. The molecule has 1 saturated heterocycles. The molecule has 2 N–H and O–H groups in total. The first-order valence-corrected chi connectivity index (χ1v) is 6.95. The summed E-state index contributed by atoms with van der Waals surface area (Å²) >= 11 is 0. The van der Waals surface area contributed by atoms with Crippen molar-refractivity contribution in [3.05, 3.63) is 38.4 Å². The van der Waals surface area contributed by atoms with Crippen LogP contribution in [-0.2, 0) is 0 Å². The molecule has 0 aliphatic carbocycles. The molecular weight excluding hydrogens is 276 g/mol. The number of hydrogen-bond acceptors (Lipinski definition) is 6. The van der Waals surface area contributed by atoms with Crippen molar-refractivity contribution in [2.45, 2.75) is 19.3 Å². The summed E-state index contributed by atoms with van der Waals surface area (Å²) in [5.41, 5.74) is -0.205. The lowest BCUT2D eigenvalue weighted by atomic mass is 9.96. The van der Waals surface area contributed by atoms with Crippen molar-refractivity contribution in [2.75, 3.05) is 25.0 Å². The van der Waals surface area contributed by atoms with Crippen molar-refractivity contribution in [1.29, 1.82) is 0 Å². The molecule has 0 saturated carbocycles. The van der Waals surface area contributed by atoms with E-state index in [4.69, 9.17) is 0 Å². The van der Waals surface area contributed by atoms with Crippen molar-refractivity contribution in [3.63, 3.8) is 0 Å². The van der Waals surface area contributed by atoms with Gasteiger partial charge in [-0.2, -0.15) is 0 Å². The Hall–Kier alpha value is -2.22. The Morgan fingerprint density at radius 1 is 1.29 bits per heavy atom. The van der Waals surface area contributed by atoms with Gasteiger partial charge in [-0.1, -0.05) is 0 Å². The maximum atomic E-state index is 11.0. The Morgan fingerprint density at radius 3 is 2.71 bits per heavy atom. The molecule has 0 spiro atoms. The van der Waals surface area contributed by atoms with Crippen LogP contribution in [0.1, 0.15) is 19.3 Å². The molecular formula is C13H18N4O4. The van der Waals surface area contributed by atoms with Gasteiger partial charge in [0, 0.05) is 12.6 Å². The smallest absolute Gasteiger partial charge is 0.299 e. The highest BCUT2D eigenvalue weighted by Crippen LogP contribution is 2.29. The monoisotopic (exact) mass is 294 g/mol. The fourth-order valence-corrected chi connectivity index (χ4v) is 2.52. The number of piperidine rings is 1. The Bertz CT molecular complexity index is 529. The third-order valence-corrected chi connectivity index (χ3v) is 3.66. The van der Waals surface area contributed by atoms with Gasteiger partial charge in [-0.05, 0) is 44.3 Å². The molecule has 1 aromatic carbocycles. The molecule has 8 heteroatoms. The Kier molecular flexibility index (Phi) is 5.04. The molecule has 1 heterocycles. The third-order valence-electron chi connectivity index (χ3n) is 3.66. The van der Waals surface area contributed by atoms with E-state index in [0.29, 0.717) is 18.2 Å². The van der Waals surface area contributed by atoms with Gasteiger partial charge in [0.25, 0.3) is 11.4 Å².